The van der Waals surface area contributed by atoms with Gasteiger partial charge in [-0.2, -0.15) is 0 Å². The van der Waals surface area contributed by atoms with E-state index in [9.17, 15) is 9.59 Å². The number of hydrogen-bond acceptors (Lipinski definition) is 3. The van der Waals surface area contributed by atoms with E-state index in [1.807, 2.05) is 18.2 Å². The van der Waals surface area contributed by atoms with Crippen LogP contribution in [0, 0.1) is 0 Å². The summed E-state index contributed by atoms with van der Waals surface area (Å²) in [4.78, 5) is 23.2. The molecule has 0 saturated heterocycles. The minimum Gasteiger partial charge on any atom is -0.362 e. The molecule has 0 unspecified atom stereocenters. The van der Waals surface area contributed by atoms with E-state index in [0.717, 1.165) is 0 Å². The Morgan fingerprint density at radius 2 is 1.32 bits per heavy atom. The lowest BCUT2D eigenvalue weighted by molar-refractivity contribution is -0.125. The number of anilines is 2. The van der Waals surface area contributed by atoms with E-state index in [2.05, 4.69) is 10.6 Å². The summed E-state index contributed by atoms with van der Waals surface area (Å²) in [5.41, 5.74) is 1.30. The number of ether oxygens (including phenoxy) is 1. The molecule has 0 radical (unpaired) electrons. The lowest BCUT2D eigenvalue weighted by atomic mass is 10.3. The number of carbonyl (C=O) groups is 2. The molecule has 0 aliphatic carbocycles. The van der Waals surface area contributed by atoms with Crippen molar-refractivity contribution in [2.75, 3.05) is 23.8 Å². The molecule has 0 aromatic heterocycles. The molecule has 0 aliphatic heterocycles. The zero-order valence-electron chi connectivity index (χ0n) is 11.7. The summed E-state index contributed by atoms with van der Waals surface area (Å²) >= 11 is 5.75. The fourth-order valence-electron chi connectivity index (χ4n) is 1.69. The molecule has 0 fully saturated rings. The molecule has 5 nitrogen and oxygen atoms in total. The van der Waals surface area contributed by atoms with Gasteiger partial charge in [0.1, 0.15) is 13.2 Å². The standard InChI is InChI=1S/C16H15ClN2O3/c17-12-6-8-14(9-7-12)19-16(21)11-22-10-15(20)18-13-4-2-1-3-5-13/h1-9H,10-11H2,(H,18,20)(H,19,21). The molecule has 2 amide bonds. The first-order valence-corrected chi connectivity index (χ1v) is 6.99. The highest BCUT2D eigenvalue weighted by atomic mass is 35.5. The van der Waals surface area contributed by atoms with Gasteiger partial charge in [-0.1, -0.05) is 29.8 Å². The molecule has 2 aromatic carbocycles. The Balaban J connectivity index is 1.68. The fraction of sp³-hybridized carbons (Fsp3) is 0.125. The predicted molar refractivity (Wildman–Crippen MR) is 86.0 cm³/mol. The summed E-state index contributed by atoms with van der Waals surface area (Å²) < 4.78 is 5.08. The average Bonchev–Trinajstić information content (AvgIpc) is 2.50. The van der Waals surface area contributed by atoms with Crippen LogP contribution in [-0.4, -0.2) is 25.0 Å². The maximum absolute atomic E-state index is 11.6. The van der Waals surface area contributed by atoms with E-state index in [1.54, 1.807) is 36.4 Å². The Kier molecular flexibility index (Phi) is 5.94. The van der Waals surface area contributed by atoms with Gasteiger partial charge in [0.05, 0.1) is 0 Å². The van der Waals surface area contributed by atoms with Crippen LogP contribution >= 0.6 is 11.6 Å². The molecular formula is C16H15ClN2O3. The van der Waals surface area contributed by atoms with Crippen molar-refractivity contribution in [3.05, 3.63) is 59.6 Å². The number of nitrogens with one attached hydrogen (secondary N) is 2. The molecule has 0 saturated carbocycles. The number of rotatable bonds is 6. The van der Waals surface area contributed by atoms with Crippen LogP contribution in [0.4, 0.5) is 11.4 Å². The highest BCUT2D eigenvalue weighted by Gasteiger charge is 2.06. The molecule has 0 heterocycles. The number of para-hydroxylation sites is 1. The van der Waals surface area contributed by atoms with Crippen molar-refractivity contribution >= 4 is 34.8 Å². The molecule has 22 heavy (non-hydrogen) atoms. The van der Waals surface area contributed by atoms with E-state index >= 15 is 0 Å². The second-order valence-electron chi connectivity index (χ2n) is 4.46. The van der Waals surface area contributed by atoms with Gasteiger partial charge in [0.15, 0.2) is 0 Å². The zero-order valence-corrected chi connectivity index (χ0v) is 12.5. The van der Waals surface area contributed by atoms with Crippen LogP contribution in [0.5, 0.6) is 0 Å². The topological polar surface area (TPSA) is 67.4 Å². The summed E-state index contributed by atoms with van der Waals surface area (Å²) in [6.07, 6.45) is 0. The SMILES string of the molecule is O=C(COCC(=O)Nc1ccc(Cl)cc1)Nc1ccccc1. The van der Waals surface area contributed by atoms with Crippen LogP contribution in [-0.2, 0) is 14.3 Å². The summed E-state index contributed by atoms with van der Waals surface area (Å²) in [5, 5.41) is 5.89. The van der Waals surface area contributed by atoms with Crippen LogP contribution in [0.15, 0.2) is 54.6 Å². The summed E-state index contributed by atoms with van der Waals surface area (Å²) in [6.45, 7) is -0.395. The first kappa shape index (κ1) is 16.0. The highest BCUT2D eigenvalue weighted by Crippen LogP contribution is 2.13. The smallest absolute Gasteiger partial charge is 0.250 e. The molecule has 0 spiro atoms. The number of carbonyl (C=O) groups excluding carboxylic acids is 2. The van der Waals surface area contributed by atoms with Crippen molar-refractivity contribution in [1.29, 1.82) is 0 Å². The molecule has 114 valence electrons. The van der Waals surface area contributed by atoms with Crippen LogP contribution < -0.4 is 10.6 Å². The number of hydrogen-bond donors (Lipinski definition) is 2. The highest BCUT2D eigenvalue weighted by molar-refractivity contribution is 6.30. The third kappa shape index (κ3) is 5.55. The van der Waals surface area contributed by atoms with Gasteiger partial charge in [-0.25, -0.2) is 0 Å². The van der Waals surface area contributed by atoms with Gasteiger partial charge in [0, 0.05) is 16.4 Å². The van der Waals surface area contributed by atoms with Crippen molar-refractivity contribution in [1.82, 2.24) is 0 Å². The lowest BCUT2D eigenvalue weighted by Gasteiger charge is -2.07. The normalized spacial score (nSPS) is 10.0. The van der Waals surface area contributed by atoms with E-state index in [1.165, 1.54) is 0 Å². The quantitative estimate of drug-likeness (QED) is 0.860. The van der Waals surface area contributed by atoms with Gasteiger partial charge in [0.2, 0.25) is 11.8 Å². The molecule has 0 aliphatic rings. The Bertz CT molecular complexity index is 630. The predicted octanol–water partition coefficient (Wildman–Crippen LogP) is 2.93. The van der Waals surface area contributed by atoms with Gasteiger partial charge >= 0.3 is 0 Å². The first-order valence-electron chi connectivity index (χ1n) is 6.61. The van der Waals surface area contributed by atoms with Crippen molar-refractivity contribution in [2.45, 2.75) is 0 Å². The van der Waals surface area contributed by atoms with Crippen LogP contribution in [0.2, 0.25) is 5.02 Å². The molecular weight excluding hydrogens is 304 g/mol. The minimum absolute atomic E-state index is 0.192. The summed E-state index contributed by atoms with van der Waals surface area (Å²) in [6, 6.07) is 15.7. The number of amides is 2. The van der Waals surface area contributed by atoms with E-state index in [0.29, 0.717) is 16.4 Å². The fourth-order valence-corrected chi connectivity index (χ4v) is 1.81. The maximum Gasteiger partial charge on any atom is 0.250 e. The summed E-state index contributed by atoms with van der Waals surface area (Å²) in [5.74, 6) is -0.652. The molecule has 2 N–H and O–H groups in total. The van der Waals surface area contributed by atoms with E-state index in [4.69, 9.17) is 16.3 Å². The zero-order chi connectivity index (χ0) is 15.8. The van der Waals surface area contributed by atoms with Crippen LogP contribution in [0.3, 0.4) is 0 Å². The van der Waals surface area contributed by atoms with Crippen molar-refractivity contribution < 1.29 is 14.3 Å². The monoisotopic (exact) mass is 318 g/mol. The number of benzene rings is 2. The first-order chi connectivity index (χ1) is 10.6. The third-order valence-electron chi connectivity index (χ3n) is 2.65. The van der Waals surface area contributed by atoms with Gasteiger partial charge in [0.25, 0.3) is 0 Å². The Morgan fingerprint density at radius 3 is 1.86 bits per heavy atom. The maximum atomic E-state index is 11.6. The second-order valence-corrected chi connectivity index (χ2v) is 4.90. The van der Waals surface area contributed by atoms with Crippen LogP contribution in [0.25, 0.3) is 0 Å². The van der Waals surface area contributed by atoms with Gasteiger partial charge < -0.3 is 15.4 Å². The van der Waals surface area contributed by atoms with Gasteiger partial charge in [-0.15, -0.1) is 0 Å². The lowest BCUT2D eigenvalue weighted by Crippen LogP contribution is -2.23. The van der Waals surface area contributed by atoms with E-state index in [-0.39, 0.29) is 25.0 Å². The van der Waals surface area contributed by atoms with Crippen molar-refractivity contribution in [2.24, 2.45) is 0 Å². The van der Waals surface area contributed by atoms with Gasteiger partial charge in [-0.3, -0.25) is 9.59 Å². The van der Waals surface area contributed by atoms with E-state index < -0.39 is 0 Å². The molecule has 6 heteroatoms. The van der Waals surface area contributed by atoms with Crippen molar-refractivity contribution in [3.63, 3.8) is 0 Å². The van der Waals surface area contributed by atoms with Gasteiger partial charge in [-0.05, 0) is 36.4 Å². The minimum atomic E-state index is -0.338. The molecule has 2 rings (SSSR count). The number of halogens is 1. The van der Waals surface area contributed by atoms with Crippen LogP contribution in [0.1, 0.15) is 0 Å². The Hall–Kier alpha value is -2.37. The Labute approximate surface area is 133 Å². The third-order valence-corrected chi connectivity index (χ3v) is 2.90. The summed E-state index contributed by atoms with van der Waals surface area (Å²) in [7, 11) is 0. The average molecular weight is 319 g/mol. The molecule has 2 aromatic rings. The Morgan fingerprint density at radius 1 is 0.818 bits per heavy atom. The largest absolute Gasteiger partial charge is 0.362 e. The molecule has 0 bridgehead atoms. The second kappa shape index (κ2) is 8.17. The molecule has 0 atom stereocenters. The van der Waals surface area contributed by atoms with Crippen molar-refractivity contribution in [3.8, 4) is 0 Å².